The van der Waals surface area contributed by atoms with Crippen LogP contribution in [0.3, 0.4) is 0 Å². The van der Waals surface area contributed by atoms with E-state index < -0.39 is 18.0 Å². The van der Waals surface area contributed by atoms with E-state index in [1.165, 1.54) is 0 Å². The molecule has 4 N–H and O–H groups in total. The van der Waals surface area contributed by atoms with Crippen molar-refractivity contribution in [1.82, 2.24) is 0 Å². The molecule has 21 heavy (non-hydrogen) atoms. The van der Waals surface area contributed by atoms with Crippen LogP contribution in [-0.2, 0) is 14.3 Å². The summed E-state index contributed by atoms with van der Waals surface area (Å²) in [5, 5.41) is 11.6. The van der Waals surface area contributed by atoms with E-state index >= 15 is 0 Å². The molecule has 0 aliphatic heterocycles. The summed E-state index contributed by atoms with van der Waals surface area (Å²) >= 11 is 0. The summed E-state index contributed by atoms with van der Waals surface area (Å²) in [4.78, 5) is 20.7. The number of hydrogen-bond acceptors (Lipinski definition) is 5. The smallest absolute Gasteiger partial charge is 0.325 e. The van der Waals surface area contributed by atoms with E-state index in [9.17, 15) is 9.59 Å². The van der Waals surface area contributed by atoms with Gasteiger partial charge >= 0.3 is 11.9 Å². The van der Waals surface area contributed by atoms with Crippen LogP contribution in [0.2, 0.25) is 0 Å². The monoisotopic (exact) mass is 292 g/mol. The minimum absolute atomic E-state index is 0.00995. The van der Waals surface area contributed by atoms with Gasteiger partial charge in [0.2, 0.25) is 0 Å². The summed E-state index contributed by atoms with van der Waals surface area (Å²) in [6.45, 7) is 3.46. The van der Waals surface area contributed by atoms with Gasteiger partial charge in [0.1, 0.15) is 6.04 Å². The fraction of sp³-hybridized carbons (Fsp3) is 0.333. The van der Waals surface area contributed by atoms with Gasteiger partial charge in [-0.3, -0.25) is 9.59 Å². The van der Waals surface area contributed by atoms with Gasteiger partial charge in [-0.05, 0) is 25.5 Å². The molecule has 0 unspecified atom stereocenters. The van der Waals surface area contributed by atoms with Crippen LogP contribution in [-0.4, -0.2) is 36.2 Å². The zero-order valence-electron chi connectivity index (χ0n) is 12.1. The molecule has 0 aliphatic rings. The molecule has 0 radical (unpaired) electrons. The Hall–Kier alpha value is -2.52. The number of aryl methyl sites for hydroxylation is 1. The molecule has 0 saturated carbocycles. The van der Waals surface area contributed by atoms with Gasteiger partial charge in [0.05, 0.1) is 6.54 Å². The van der Waals surface area contributed by atoms with Gasteiger partial charge in [-0.1, -0.05) is 24.1 Å². The number of carbonyl (C=O) groups excluding carboxylic acids is 1. The third-order valence-corrected chi connectivity index (χ3v) is 2.37. The molecule has 1 aromatic rings. The summed E-state index contributed by atoms with van der Waals surface area (Å²) in [6, 6.07) is 7.06. The van der Waals surface area contributed by atoms with E-state index in [0.717, 1.165) is 11.3 Å². The standard InChI is InChI=1S/C10H13NO2.C5H7NO2/c1-7-5-3-4-6-9(7)11-8(2)10(12)13;1-2-3-8-5(7)4-6/h3-6,8,11H,1-2H3,(H,12,13);1H,3-4,6H2/t8-;/m0./s1. The lowest BCUT2D eigenvalue weighted by molar-refractivity contribution is -0.140. The van der Waals surface area contributed by atoms with Crippen molar-refractivity contribution in [3.05, 3.63) is 29.8 Å². The molecule has 1 atom stereocenters. The van der Waals surface area contributed by atoms with E-state index in [4.69, 9.17) is 17.3 Å². The first-order valence-corrected chi connectivity index (χ1v) is 6.26. The summed E-state index contributed by atoms with van der Waals surface area (Å²) in [6.07, 6.45) is 4.76. The highest BCUT2D eigenvalue weighted by molar-refractivity contribution is 5.77. The number of terminal acetylenes is 1. The normalized spacial score (nSPS) is 10.4. The predicted octanol–water partition coefficient (Wildman–Crippen LogP) is 1.00. The van der Waals surface area contributed by atoms with Crippen molar-refractivity contribution in [1.29, 1.82) is 0 Å². The third kappa shape index (κ3) is 8.29. The SMILES string of the molecule is C#CCOC(=O)CN.Cc1ccccc1N[C@@H](C)C(=O)O. The van der Waals surface area contributed by atoms with Gasteiger partial charge in [0.25, 0.3) is 0 Å². The number of hydrogen-bond donors (Lipinski definition) is 3. The molecule has 0 aromatic heterocycles. The number of ether oxygens (including phenoxy) is 1. The second-order valence-corrected chi connectivity index (χ2v) is 4.09. The van der Waals surface area contributed by atoms with E-state index in [1.807, 2.05) is 31.2 Å². The van der Waals surface area contributed by atoms with Gasteiger partial charge in [-0.2, -0.15) is 0 Å². The minimum atomic E-state index is -0.844. The average molecular weight is 292 g/mol. The maximum Gasteiger partial charge on any atom is 0.325 e. The average Bonchev–Trinajstić information content (AvgIpc) is 2.47. The molecule has 1 rings (SSSR count). The van der Waals surface area contributed by atoms with Gasteiger partial charge in [-0.15, -0.1) is 6.42 Å². The van der Waals surface area contributed by atoms with Gasteiger partial charge < -0.3 is 20.9 Å². The topological polar surface area (TPSA) is 102 Å². The van der Waals surface area contributed by atoms with Gasteiger partial charge in [0, 0.05) is 5.69 Å². The molecular formula is C15H20N2O4. The molecule has 0 bridgehead atoms. The zero-order chi connectivity index (χ0) is 16.3. The van der Waals surface area contributed by atoms with Gasteiger partial charge in [0.15, 0.2) is 6.61 Å². The fourth-order valence-corrected chi connectivity index (χ4v) is 1.21. The number of benzene rings is 1. The van der Waals surface area contributed by atoms with Crippen LogP contribution >= 0.6 is 0 Å². The van der Waals surface area contributed by atoms with Crippen LogP contribution in [0, 0.1) is 19.3 Å². The Morgan fingerprint density at radius 3 is 2.57 bits per heavy atom. The fourth-order valence-electron chi connectivity index (χ4n) is 1.21. The lowest BCUT2D eigenvalue weighted by Gasteiger charge is -2.12. The first kappa shape index (κ1) is 18.5. The first-order valence-electron chi connectivity index (χ1n) is 6.26. The molecule has 6 nitrogen and oxygen atoms in total. The summed E-state index contributed by atoms with van der Waals surface area (Å²) in [7, 11) is 0. The highest BCUT2D eigenvalue weighted by atomic mass is 16.5. The van der Waals surface area contributed by atoms with Crippen molar-refractivity contribution < 1.29 is 19.4 Å². The van der Waals surface area contributed by atoms with Crippen molar-refractivity contribution in [2.24, 2.45) is 5.73 Å². The molecule has 0 heterocycles. The van der Waals surface area contributed by atoms with Crippen LogP contribution in [0.15, 0.2) is 24.3 Å². The molecule has 0 amide bonds. The zero-order valence-corrected chi connectivity index (χ0v) is 12.1. The van der Waals surface area contributed by atoms with Crippen molar-refractivity contribution in [2.45, 2.75) is 19.9 Å². The van der Waals surface area contributed by atoms with Crippen LogP contribution in [0.25, 0.3) is 0 Å². The number of nitrogens with two attached hydrogens (primary N) is 1. The molecular weight excluding hydrogens is 272 g/mol. The highest BCUT2D eigenvalue weighted by Gasteiger charge is 2.10. The van der Waals surface area contributed by atoms with Gasteiger partial charge in [-0.25, -0.2) is 0 Å². The number of nitrogens with one attached hydrogen (secondary N) is 1. The number of anilines is 1. The molecule has 0 aliphatic carbocycles. The Morgan fingerprint density at radius 2 is 2.10 bits per heavy atom. The van der Waals surface area contributed by atoms with E-state index in [2.05, 4.69) is 16.0 Å². The van der Waals surface area contributed by atoms with Crippen molar-refractivity contribution in [3.63, 3.8) is 0 Å². The molecule has 0 spiro atoms. The number of carboxylic acid groups (broad SMARTS) is 1. The van der Waals surface area contributed by atoms with E-state index in [-0.39, 0.29) is 13.2 Å². The second-order valence-electron chi connectivity index (χ2n) is 4.09. The number of carbonyl (C=O) groups is 2. The first-order chi connectivity index (χ1) is 9.92. The highest BCUT2D eigenvalue weighted by Crippen LogP contribution is 2.13. The van der Waals surface area contributed by atoms with Crippen LogP contribution < -0.4 is 11.1 Å². The molecule has 1 aromatic carbocycles. The molecule has 0 saturated heterocycles. The van der Waals surface area contributed by atoms with E-state index in [1.54, 1.807) is 6.92 Å². The number of carboxylic acids is 1. The molecule has 114 valence electrons. The van der Waals surface area contributed by atoms with Crippen LogP contribution in [0.4, 0.5) is 5.69 Å². The van der Waals surface area contributed by atoms with Crippen molar-refractivity contribution >= 4 is 17.6 Å². The summed E-state index contributed by atoms with van der Waals surface area (Å²) in [5.74, 6) is 0.821. The van der Waals surface area contributed by atoms with Crippen molar-refractivity contribution in [3.8, 4) is 12.3 Å². The summed E-state index contributed by atoms with van der Waals surface area (Å²) in [5.41, 5.74) is 6.79. The molecule has 0 fully saturated rings. The number of esters is 1. The Morgan fingerprint density at radius 1 is 1.48 bits per heavy atom. The van der Waals surface area contributed by atoms with Crippen molar-refractivity contribution in [2.75, 3.05) is 18.5 Å². The maximum absolute atomic E-state index is 10.6. The quantitative estimate of drug-likeness (QED) is 0.553. The number of rotatable bonds is 5. The van der Waals surface area contributed by atoms with Crippen LogP contribution in [0.5, 0.6) is 0 Å². The Bertz CT molecular complexity index is 509. The number of para-hydroxylation sites is 1. The summed E-state index contributed by atoms with van der Waals surface area (Å²) < 4.78 is 4.34. The Labute approximate surface area is 124 Å². The lowest BCUT2D eigenvalue weighted by atomic mass is 10.2. The number of aliphatic carboxylic acids is 1. The predicted molar refractivity (Wildman–Crippen MR) is 80.7 cm³/mol. The van der Waals surface area contributed by atoms with Crippen LogP contribution in [0.1, 0.15) is 12.5 Å². The third-order valence-electron chi connectivity index (χ3n) is 2.37. The Balaban J connectivity index is 0.000000433. The minimum Gasteiger partial charge on any atom is -0.480 e. The second kappa shape index (κ2) is 10.3. The molecule has 6 heteroatoms. The lowest BCUT2D eigenvalue weighted by Crippen LogP contribution is -2.25. The Kier molecular flexibility index (Phi) is 9.05. The largest absolute Gasteiger partial charge is 0.480 e. The van der Waals surface area contributed by atoms with E-state index in [0.29, 0.717) is 0 Å². The maximum atomic E-state index is 10.6.